The molecule has 39 heavy (non-hydrogen) atoms. The van der Waals surface area contributed by atoms with Gasteiger partial charge in [-0.1, -0.05) is 50.5 Å². The summed E-state index contributed by atoms with van der Waals surface area (Å²) in [5.74, 6) is -4.26. The fourth-order valence-corrected chi connectivity index (χ4v) is 4.29. The van der Waals surface area contributed by atoms with E-state index in [2.05, 4.69) is 16.6 Å². The topological polar surface area (TPSA) is 31.4 Å². The Morgan fingerprint density at radius 3 is 2.26 bits per heavy atom. The van der Waals surface area contributed by atoms with Crippen molar-refractivity contribution in [2.24, 2.45) is 0 Å². The van der Waals surface area contributed by atoms with Gasteiger partial charge in [0.05, 0.1) is 18.5 Å². The highest BCUT2D eigenvalue weighted by atomic mass is 19.4. The van der Waals surface area contributed by atoms with Crippen molar-refractivity contribution in [3.8, 4) is 22.8 Å². The number of halogens is 6. The summed E-state index contributed by atoms with van der Waals surface area (Å²) in [6, 6.07) is 13.7. The molecule has 206 valence electrons. The first-order valence-corrected chi connectivity index (χ1v) is 12.7. The first-order valence-electron chi connectivity index (χ1n) is 12.7. The van der Waals surface area contributed by atoms with Crippen LogP contribution in [0.5, 0.6) is 11.5 Å². The Balaban J connectivity index is 1.44. The van der Waals surface area contributed by atoms with Crippen LogP contribution in [0.1, 0.15) is 43.7 Å². The lowest BCUT2D eigenvalue weighted by Gasteiger charge is -2.12. The molecule has 4 rings (SSSR count). The van der Waals surface area contributed by atoms with E-state index in [1.807, 2.05) is 18.2 Å². The molecular weight excluding hydrogens is 520 g/mol. The average Bonchev–Trinajstić information content (AvgIpc) is 2.90. The number of alkyl halides is 3. The van der Waals surface area contributed by atoms with E-state index in [1.54, 1.807) is 30.5 Å². The molecule has 3 aromatic carbocycles. The van der Waals surface area contributed by atoms with Crippen molar-refractivity contribution in [1.82, 2.24) is 4.98 Å². The lowest BCUT2D eigenvalue weighted by Crippen LogP contribution is -2.19. The van der Waals surface area contributed by atoms with Crippen LogP contribution in [0.2, 0.25) is 0 Å². The summed E-state index contributed by atoms with van der Waals surface area (Å²) in [6.07, 6.45) is 1.00. The maximum absolute atomic E-state index is 15.2. The van der Waals surface area contributed by atoms with Gasteiger partial charge in [-0.15, -0.1) is 13.2 Å². The minimum atomic E-state index is -5.22. The molecule has 1 heterocycles. The smallest absolute Gasteiger partial charge is 0.492 e. The first-order chi connectivity index (χ1) is 18.6. The van der Waals surface area contributed by atoms with Gasteiger partial charge in [0.1, 0.15) is 11.6 Å². The van der Waals surface area contributed by atoms with Gasteiger partial charge in [-0.25, -0.2) is 13.2 Å². The third-order valence-corrected chi connectivity index (χ3v) is 6.29. The van der Waals surface area contributed by atoms with Gasteiger partial charge in [0.2, 0.25) is 5.75 Å². The number of rotatable bonds is 11. The third-order valence-electron chi connectivity index (χ3n) is 6.29. The molecule has 0 fully saturated rings. The van der Waals surface area contributed by atoms with Crippen LogP contribution in [0.3, 0.4) is 0 Å². The van der Waals surface area contributed by atoms with Gasteiger partial charge in [0.25, 0.3) is 0 Å². The number of benzene rings is 3. The Morgan fingerprint density at radius 1 is 0.821 bits per heavy atom. The molecule has 9 heteroatoms. The van der Waals surface area contributed by atoms with Crippen LogP contribution in [0.15, 0.2) is 60.8 Å². The molecule has 0 aliphatic heterocycles. The quantitative estimate of drug-likeness (QED) is 0.139. The number of aryl methyl sites for hydroxylation is 2. The highest BCUT2D eigenvalue weighted by Gasteiger charge is 2.34. The second-order valence-corrected chi connectivity index (χ2v) is 9.20. The number of aromatic nitrogens is 1. The molecule has 0 unspecified atom stereocenters. The van der Waals surface area contributed by atoms with Gasteiger partial charge in [-0.2, -0.15) is 0 Å². The van der Waals surface area contributed by atoms with Crippen LogP contribution >= 0.6 is 0 Å². The lowest BCUT2D eigenvalue weighted by atomic mass is 9.98. The van der Waals surface area contributed by atoms with Crippen LogP contribution in [-0.4, -0.2) is 18.0 Å². The molecule has 0 spiro atoms. The molecule has 0 amide bonds. The molecule has 4 aromatic rings. The molecule has 0 N–H and O–H groups in total. The zero-order chi connectivity index (χ0) is 28.0. The zero-order valence-corrected chi connectivity index (χ0v) is 21.3. The monoisotopic (exact) mass is 547 g/mol. The number of hydrogen-bond donors (Lipinski definition) is 0. The molecule has 0 saturated carbocycles. The Bertz CT molecular complexity index is 1400. The number of fused-ring (bicyclic) bond motifs is 1. The van der Waals surface area contributed by atoms with E-state index in [9.17, 15) is 22.0 Å². The summed E-state index contributed by atoms with van der Waals surface area (Å²) < 4.78 is 89.4. The van der Waals surface area contributed by atoms with Gasteiger partial charge in [0, 0.05) is 10.9 Å². The largest absolute Gasteiger partial charge is 0.573 e. The molecular formula is C30H27F6NO2. The van der Waals surface area contributed by atoms with E-state index in [0.29, 0.717) is 34.4 Å². The Morgan fingerprint density at radius 2 is 1.59 bits per heavy atom. The summed E-state index contributed by atoms with van der Waals surface area (Å²) in [7, 11) is 0. The first kappa shape index (κ1) is 28.3. The second-order valence-electron chi connectivity index (χ2n) is 9.20. The fraction of sp³-hybridized carbons (Fsp3) is 0.300. The predicted octanol–water partition coefficient (Wildman–Crippen LogP) is 8.96. The Hall–Kier alpha value is -3.75. The SMILES string of the molecule is CCCCCCOc1ccc(-c2ccc3c(F)c(CCc4cc(F)c(OC(F)(F)F)c(F)c4)ccc3c2)nc1. The van der Waals surface area contributed by atoms with Crippen molar-refractivity contribution >= 4 is 10.8 Å². The van der Waals surface area contributed by atoms with Crippen LogP contribution in [0.4, 0.5) is 26.3 Å². The summed E-state index contributed by atoms with van der Waals surface area (Å²) >= 11 is 0. The minimum Gasteiger partial charge on any atom is -0.492 e. The van der Waals surface area contributed by atoms with Crippen LogP contribution < -0.4 is 9.47 Å². The Labute approximate surface area is 222 Å². The van der Waals surface area contributed by atoms with Crippen molar-refractivity contribution < 1.29 is 35.8 Å². The third kappa shape index (κ3) is 7.43. The van der Waals surface area contributed by atoms with E-state index < -0.39 is 29.6 Å². The molecule has 0 saturated heterocycles. The number of nitrogens with zero attached hydrogens (tertiary/aromatic N) is 1. The van der Waals surface area contributed by atoms with Crippen molar-refractivity contribution in [2.45, 2.75) is 51.8 Å². The highest BCUT2D eigenvalue weighted by molar-refractivity contribution is 5.88. The molecule has 3 nitrogen and oxygen atoms in total. The predicted molar refractivity (Wildman–Crippen MR) is 137 cm³/mol. The van der Waals surface area contributed by atoms with Crippen molar-refractivity contribution in [2.75, 3.05) is 6.61 Å². The normalized spacial score (nSPS) is 11.7. The maximum Gasteiger partial charge on any atom is 0.573 e. The highest BCUT2D eigenvalue weighted by Crippen LogP contribution is 2.31. The zero-order valence-electron chi connectivity index (χ0n) is 21.3. The molecule has 0 bridgehead atoms. The summed E-state index contributed by atoms with van der Waals surface area (Å²) in [5, 5.41) is 1.02. The number of pyridine rings is 1. The van der Waals surface area contributed by atoms with Gasteiger partial charge in [0.15, 0.2) is 11.6 Å². The molecule has 0 aliphatic carbocycles. The van der Waals surface area contributed by atoms with Gasteiger partial charge in [-0.3, -0.25) is 4.98 Å². The van der Waals surface area contributed by atoms with Crippen molar-refractivity contribution in [3.05, 3.63) is 89.4 Å². The molecule has 1 aromatic heterocycles. The number of unbranched alkanes of at least 4 members (excludes halogenated alkanes) is 3. The maximum atomic E-state index is 15.2. The minimum absolute atomic E-state index is 0.0115. The van der Waals surface area contributed by atoms with Crippen molar-refractivity contribution in [3.63, 3.8) is 0 Å². The van der Waals surface area contributed by atoms with E-state index in [1.165, 1.54) is 6.42 Å². The second kappa shape index (κ2) is 12.4. The van der Waals surface area contributed by atoms with Crippen LogP contribution in [0.25, 0.3) is 22.0 Å². The average molecular weight is 548 g/mol. The van der Waals surface area contributed by atoms with E-state index in [-0.39, 0.29) is 18.4 Å². The van der Waals surface area contributed by atoms with Gasteiger partial charge >= 0.3 is 6.36 Å². The standard InChI is InChI=1S/C30H27F6NO2/c1-2-3-4-5-14-38-23-11-13-27(37-18-23)22-10-12-24-21(17-22)9-8-20(28(24)33)7-6-19-15-25(31)29(26(32)16-19)39-30(34,35)36/h8-13,15-18H,2-7,14H2,1H3. The molecule has 0 radical (unpaired) electrons. The molecule has 0 atom stereocenters. The van der Waals surface area contributed by atoms with Gasteiger partial charge < -0.3 is 9.47 Å². The van der Waals surface area contributed by atoms with Crippen LogP contribution in [0, 0.1) is 17.5 Å². The molecule has 0 aliphatic rings. The van der Waals surface area contributed by atoms with Gasteiger partial charge in [-0.05, 0) is 66.1 Å². The van der Waals surface area contributed by atoms with Crippen molar-refractivity contribution in [1.29, 1.82) is 0 Å². The summed E-state index contributed by atoms with van der Waals surface area (Å²) in [6.45, 7) is 2.79. The van der Waals surface area contributed by atoms with E-state index in [4.69, 9.17) is 4.74 Å². The number of ether oxygens (including phenoxy) is 2. The van der Waals surface area contributed by atoms with E-state index >= 15 is 4.39 Å². The number of hydrogen-bond acceptors (Lipinski definition) is 3. The summed E-state index contributed by atoms with van der Waals surface area (Å²) in [4.78, 5) is 4.46. The van der Waals surface area contributed by atoms with E-state index in [0.717, 1.165) is 37.0 Å². The summed E-state index contributed by atoms with van der Waals surface area (Å²) in [5.41, 5.74) is 1.90. The Kier molecular flexibility index (Phi) is 8.99. The fourth-order valence-electron chi connectivity index (χ4n) is 4.29. The van der Waals surface area contributed by atoms with Crippen LogP contribution in [-0.2, 0) is 12.8 Å². The lowest BCUT2D eigenvalue weighted by molar-refractivity contribution is -0.276.